The second-order valence-corrected chi connectivity index (χ2v) is 8.88. The van der Waals surface area contributed by atoms with Gasteiger partial charge in [0.2, 0.25) is 5.82 Å². The number of methoxy groups -OCH3 is 1. The molecule has 0 saturated heterocycles. The van der Waals surface area contributed by atoms with Crippen molar-refractivity contribution in [1.82, 2.24) is 29.6 Å². The highest BCUT2D eigenvalue weighted by atomic mass is 32.1. The van der Waals surface area contributed by atoms with Gasteiger partial charge in [0.25, 0.3) is 0 Å². The Morgan fingerprint density at radius 1 is 1.26 bits per heavy atom. The first-order valence-electron chi connectivity index (χ1n) is 10.7. The zero-order valence-corrected chi connectivity index (χ0v) is 19.7. The van der Waals surface area contributed by atoms with Crippen molar-refractivity contribution in [3.8, 4) is 6.01 Å². The predicted molar refractivity (Wildman–Crippen MR) is 118 cm³/mol. The molecule has 3 aromatic heterocycles. The third kappa shape index (κ3) is 4.86. The summed E-state index contributed by atoms with van der Waals surface area (Å²) in [5, 5.41) is 7.92. The molecule has 0 saturated carbocycles. The number of ether oxygens (including phenoxy) is 2. The van der Waals surface area contributed by atoms with Crippen molar-refractivity contribution >= 4 is 33.5 Å². The fourth-order valence-corrected chi connectivity index (χ4v) is 4.80. The molecule has 4 rings (SSSR count). The maximum absolute atomic E-state index is 13.2. The average Bonchev–Trinajstić information content (AvgIpc) is 3.41. The quantitative estimate of drug-likeness (QED) is 0.488. The maximum atomic E-state index is 13.2. The minimum absolute atomic E-state index is 0.0781. The van der Waals surface area contributed by atoms with Gasteiger partial charge in [-0.1, -0.05) is 13.3 Å². The van der Waals surface area contributed by atoms with Crippen molar-refractivity contribution in [3.05, 3.63) is 22.6 Å². The molecule has 3 aromatic rings. The van der Waals surface area contributed by atoms with Crippen LogP contribution in [0, 0.1) is 0 Å². The van der Waals surface area contributed by atoms with Gasteiger partial charge in [0.15, 0.2) is 5.82 Å². The summed E-state index contributed by atoms with van der Waals surface area (Å²) in [5.41, 5.74) is 0. The number of aromatic nitrogens is 5. The summed E-state index contributed by atoms with van der Waals surface area (Å²) in [5.74, 6) is -0.200. The monoisotopic (exact) mass is 499 g/mol. The summed E-state index contributed by atoms with van der Waals surface area (Å²) in [6.45, 7) is 2.99. The van der Waals surface area contributed by atoms with Crippen LogP contribution in [-0.2, 0) is 30.4 Å². The van der Waals surface area contributed by atoms with Gasteiger partial charge in [-0.05, 0) is 12.5 Å². The number of carbonyl (C=O) groups is 1. The number of amides is 1. The number of nitrogens with zero attached hydrogens (tertiary/aromatic N) is 7. The third-order valence-corrected chi connectivity index (χ3v) is 6.44. The van der Waals surface area contributed by atoms with Gasteiger partial charge >= 0.3 is 18.3 Å². The number of alkyl halides is 3. The van der Waals surface area contributed by atoms with Crippen LogP contribution in [0.25, 0.3) is 10.2 Å². The second-order valence-electron chi connectivity index (χ2n) is 7.76. The summed E-state index contributed by atoms with van der Waals surface area (Å²) in [4.78, 5) is 25.7. The summed E-state index contributed by atoms with van der Waals surface area (Å²) >= 11 is 1.53. The smallest absolute Gasteiger partial charge is 0.451 e. The van der Waals surface area contributed by atoms with Crippen molar-refractivity contribution < 1.29 is 27.4 Å². The van der Waals surface area contributed by atoms with Crippen LogP contribution in [0.1, 0.15) is 29.9 Å². The van der Waals surface area contributed by atoms with Gasteiger partial charge in [0.1, 0.15) is 17.3 Å². The number of thiophene rings is 1. The van der Waals surface area contributed by atoms with E-state index in [1.165, 1.54) is 23.3 Å². The Kier molecular flexibility index (Phi) is 6.77. The summed E-state index contributed by atoms with van der Waals surface area (Å²) in [6.07, 6.45) is -3.20. The summed E-state index contributed by atoms with van der Waals surface area (Å²) < 4.78 is 51.1. The molecule has 14 heteroatoms. The van der Waals surface area contributed by atoms with Crippen molar-refractivity contribution in [2.24, 2.45) is 0 Å². The SMILES string of the molecule is CCCc1cc2c(N3CCn4c(nnc4C(F)(F)F)C3)nc(OCCN(C)C(=O)OC)nc2s1. The van der Waals surface area contributed by atoms with E-state index in [1.807, 2.05) is 11.0 Å². The van der Waals surface area contributed by atoms with Crippen molar-refractivity contribution in [3.63, 3.8) is 0 Å². The van der Waals surface area contributed by atoms with Gasteiger partial charge in [-0.3, -0.25) is 0 Å². The normalized spacial score (nSPS) is 13.8. The molecular weight excluding hydrogens is 475 g/mol. The molecule has 0 bridgehead atoms. The molecule has 0 aliphatic carbocycles. The van der Waals surface area contributed by atoms with Gasteiger partial charge in [-0.15, -0.1) is 21.5 Å². The molecule has 0 atom stereocenters. The topological polar surface area (TPSA) is 98.5 Å². The van der Waals surface area contributed by atoms with Gasteiger partial charge in [-0.2, -0.15) is 23.1 Å². The number of fused-ring (bicyclic) bond motifs is 2. The van der Waals surface area contributed by atoms with Crippen LogP contribution in [-0.4, -0.2) is 69.6 Å². The maximum Gasteiger partial charge on any atom is 0.451 e. The predicted octanol–water partition coefficient (Wildman–Crippen LogP) is 3.35. The molecule has 0 fully saturated rings. The van der Waals surface area contributed by atoms with Gasteiger partial charge in [0, 0.05) is 25.0 Å². The first-order valence-corrected chi connectivity index (χ1v) is 11.5. The van der Waals surface area contributed by atoms with Gasteiger partial charge in [-0.25, -0.2) is 4.79 Å². The molecule has 4 heterocycles. The Bertz CT molecular complexity index is 1180. The molecule has 0 spiro atoms. The van der Waals surface area contributed by atoms with Crippen LogP contribution in [0.15, 0.2) is 6.07 Å². The number of hydrogen-bond acceptors (Lipinski definition) is 9. The van der Waals surface area contributed by atoms with E-state index in [-0.39, 0.29) is 38.1 Å². The van der Waals surface area contributed by atoms with E-state index >= 15 is 0 Å². The number of hydrogen-bond donors (Lipinski definition) is 0. The number of carbonyl (C=O) groups excluding carboxylic acids is 1. The van der Waals surface area contributed by atoms with E-state index in [2.05, 4.69) is 31.8 Å². The molecule has 0 N–H and O–H groups in total. The lowest BCUT2D eigenvalue weighted by Gasteiger charge is -2.29. The van der Waals surface area contributed by atoms with Crippen LogP contribution >= 0.6 is 11.3 Å². The van der Waals surface area contributed by atoms with E-state index in [0.29, 0.717) is 12.4 Å². The third-order valence-electron chi connectivity index (χ3n) is 5.35. The van der Waals surface area contributed by atoms with E-state index in [0.717, 1.165) is 32.5 Å². The van der Waals surface area contributed by atoms with Gasteiger partial charge in [0.05, 0.1) is 25.6 Å². The summed E-state index contributed by atoms with van der Waals surface area (Å²) in [7, 11) is 2.88. The Labute approximate surface area is 197 Å². The number of aryl methyl sites for hydroxylation is 1. The first kappa shape index (κ1) is 24.0. The zero-order valence-electron chi connectivity index (χ0n) is 18.9. The van der Waals surface area contributed by atoms with Crippen LogP contribution < -0.4 is 9.64 Å². The largest absolute Gasteiger partial charge is 0.461 e. The lowest BCUT2D eigenvalue weighted by molar-refractivity contribution is -0.147. The highest BCUT2D eigenvalue weighted by molar-refractivity contribution is 7.18. The highest BCUT2D eigenvalue weighted by Crippen LogP contribution is 2.35. The number of rotatable bonds is 7. The first-order chi connectivity index (χ1) is 16.2. The fourth-order valence-electron chi connectivity index (χ4n) is 3.68. The Morgan fingerprint density at radius 3 is 2.76 bits per heavy atom. The van der Waals surface area contributed by atoms with Crippen LogP contribution in [0.4, 0.5) is 23.8 Å². The molecule has 184 valence electrons. The molecule has 34 heavy (non-hydrogen) atoms. The molecule has 1 amide bonds. The lowest BCUT2D eigenvalue weighted by atomic mass is 10.2. The fraction of sp³-hybridized carbons (Fsp3) is 0.550. The average molecular weight is 500 g/mol. The van der Waals surface area contributed by atoms with Crippen LogP contribution in [0.2, 0.25) is 0 Å². The van der Waals surface area contributed by atoms with Crippen molar-refractivity contribution in [1.29, 1.82) is 0 Å². The Hall–Kier alpha value is -3.16. The van der Waals surface area contributed by atoms with E-state index in [1.54, 1.807) is 7.05 Å². The number of halogens is 3. The minimum Gasteiger partial charge on any atom is -0.461 e. The minimum atomic E-state index is -4.56. The second kappa shape index (κ2) is 9.60. The molecule has 1 aliphatic rings. The van der Waals surface area contributed by atoms with E-state index in [4.69, 9.17) is 4.74 Å². The molecule has 0 aromatic carbocycles. The number of likely N-dealkylation sites (N-methyl/N-ethyl adjacent to an activating group) is 1. The Balaban J connectivity index is 1.61. The molecule has 10 nitrogen and oxygen atoms in total. The summed E-state index contributed by atoms with van der Waals surface area (Å²) in [6, 6.07) is 2.15. The standard InChI is InChI=1S/C20H24F3N7O3S/c1-4-5-12-10-13-15(29-6-7-30-14(11-29)26-27-17(30)20(21,22)23)24-18(25-16(13)34-12)33-9-8-28(2)19(31)32-3/h10H,4-9,11H2,1-3H3. The van der Waals surface area contributed by atoms with Crippen LogP contribution in [0.3, 0.4) is 0 Å². The van der Waals surface area contributed by atoms with Crippen LogP contribution in [0.5, 0.6) is 6.01 Å². The van der Waals surface area contributed by atoms with Crippen molar-refractivity contribution in [2.75, 3.05) is 38.8 Å². The van der Waals surface area contributed by atoms with E-state index in [9.17, 15) is 18.0 Å². The van der Waals surface area contributed by atoms with Gasteiger partial charge < -0.3 is 23.8 Å². The highest BCUT2D eigenvalue weighted by Gasteiger charge is 2.39. The lowest BCUT2D eigenvalue weighted by Crippen LogP contribution is -2.36. The molecule has 0 unspecified atom stereocenters. The van der Waals surface area contributed by atoms with Crippen molar-refractivity contribution in [2.45, 2.75) is 39.0 Å². The zero-order chi connectivity index (χ0) is 24.5. The Morgan fingerprint density at radius 2 is 2.06 bits per heavy atom. The number of anilines is 1. The molecule has 0 radical (unpaired) electrons. The van der Waals surface area contributed by atoms with E-state index < -0.39 is 18.1 Å². The molecule has 1 aliphatic heterocycles. The molecular formula is C20H24F3N7O3S.